The Hall–Kier alpha value is -1.15. The van der Waals surface area contributed by atoms with Crippen molar-refractivity contribution < 1.29 is 18.3 Å². The van der Waals surface area contributed by atoms with E-state index in [-0.39, 0.29) is 33.5 Å². The van der Waals surface area contributed by atoms with Crippen molar-refractivity contribution in [2.75, 3.05) is 13.1 Å². The Morgan fingerprint density at radius 2 is 1.80 bits per heavy atom. The molecular formula is C17H23ClN2O4S. The molecule has 1 amide bonds. The molecule has 6 nitrogen and oxygen atoms in total. The highest BCUT2D eigenvalue weighted by Crippen LogP contribution is 2.26. The predicted octanol–water partition coefficient (Wildman–Crippen LogP) is 2.16. The van der Waals surface area contributed by atoms with E-state index in [0.717, 1.165) is 12.8 Å². The maximum absolute atomic E-state index is 12.7. The number of aliphatic hydroxyl groups is 1. The summed E-state index contributed by atoms with van der Waals surface area (Å²) in [7, 11) is -3.59. The van der Waals surface area contributed by atoms with Crippen molar-refractivity contribution in [1.82, 2.24) is 9.62 Å². The van der Waals surface area contributed by atoms with Gasteiger partial charge in [-0.05, 0) is 56.7 Å². The van der Waals surface area contributed by atoms with Crippen LogP contribution >= 0.6 is 11.6 Å². The molecule has 2 N–H and O–H groups in total. The van der Waals surface area contributed by atoms with Crippen molar-refractivity contribution in [2.24, 2.45) is 0 Å². The second kappa shape index (κ2) is 7.61. The van der Waals surface area contributed by atoms with Gasteiger partial charge in [-0.25, -0.2) is 8.42 Å². The normalized spacial score (nSPS) is 25.0. The third-order valence-electron chi connectivity index (χ3n) is 4.92. The summed E-state index contributed by atoms with van der Waals surface area (Å²) in [5.74, 6) is -0.370. The SMILES string of the molecule is O=C(NC1CCC(O)CC1)c1cc(S(=O)(=O)N2CCCC2)ccc1Cl. The number of carbonyl (C=O) groups excluding carboxylic acids is 1. The van der Waals surface area contributed by atoms with Gasteiger partial charge in [-0.15, -0.1) is 0 Å². The van der Waals surface area contributed by atoms with E-state index >= 15 is 0 Å². The number of amides is 1. The van der Waals surface area contributed by atoms with Gasteiger partial charge in [0.1, 0.15) is 0 Å². The summed E-state index contributed by atoms with van der Waals surface area (Å²) in [6.45, 7) is 1.02. The summed E-state index contributed by atoms with van der Waals surface area (Å²) in [6.07, 6.45) is 4.13. The number of halogens is 1. The molecule has 0 unspecified atom stereocenters. The van der Waals surface area contributed by atoms with Gasteiger partial charge in [0.05, 0.1) is 21.6 Å². The Kier molecular flexibility index (Phi) is 5.68. The first kappa shape index (κ1) is 18.6. The van der Waals surface area contributed by atoms with Gasteiger partial charge in [0, 0.05) is 19.1 Å². The van der Waals surface area contributed by atoms with Crippen molar-refractivity contribution in [2.45, 2.75) is 55.6 Å². The van der Waals surface area contributed by atoms with Crippen LogP contribution in [0.1, 0.15) is 48.9 Å². The molecule has 1 aliphatic carbocycles. The van der Waals surface area contributed by atoms with Gasteiger partial charge in [0.25, 0.3) is 5.91 Å². The molecule has 1 aliphatic heterocycles. The van der Waals surface area contributed by atoms with Crippen LogP contribution in [0.5, 0.6) is 0 Å². The lowest BCUT2D eigenvalue weighted by atomic mass is 9.93. The van der Waals surface area contributed by atoms with Gasteiger partial charge in [-0.3, -0.25) is 4.79 Å². The second-order valence-corrected chi connectivity index (χ2v) is 9.08. The fourth-order valence-electron chi connectivity index (χ4n) is 3.40. The molecule has 0 spiro atoms. The number of nitrogens with zero attached hydrogens (tertiary/aromatic N) is 1. The van der Waals surface area contributed by atoms with E-state index in [1.165, 1.54) is 22.5 Å². The fourth-order valence-corrected chi connectivity index (χ4v) is 5.15. The lowest BCUT2D eigenvalue weighted by Gasteiger charge is -2.26. The number of sulfonamides is 1. The monoisotopic (exact) mass is 386 g/mol. The molecule has 2 aliphatic rings. The highest BCUT2D eigenvalue weighted by molar-refractivity contribution is 7.89. The van der Waals surface area contributed by atoms with Crippen molar-refractivity contribution in [3.8, 4) is 0 Å². The van der Waals surface area contributed by atoms with Crippen LogP contribution in [0, 0.1) is 0 Å². The van der Waals surface area contributed by atoms with Crippen LogP contribution in [0.25, 0.3) is 0 Å². The largest absolute Gasteiger partial charge is 0.393 e. The van der Waals surface area contributed by atoms with Gasteiger partial charge in [0.15, 0.2) is 0 Å². The first-order valence-corrected chi connectivity index (χ1v) is 10.5. The average Bonchev–Trinajstić information content (AvgIpc) is 3.12. The number of hydrogen-bond donors (Lipinski definition) is 2. The molecule has 1 saturated carbocycles. The van der Waals surface area contributed by atoms with Crippen LogP contribution in [0.2, 0.25) is 5.02 Å². The zero-order valence-corrected chi connectivity index (χ0v) is 15.5. The molecule has 1 saturated heterocycles. The van der Waals surface area contributed by atoms with Crippen molar-refractivity contribution in [1.29, 1.82) is 0 Å². The first-order chi connectivity index (χ1) is 11.9. The van der Waals surface area contributed by atoms with E-state index < -0.39 is 10.0 Å². The Morgan fingerprint density at radius 1 is 1.16 bits per heavy atom. The Labute approximate surface area is 153 Å². The van der Waals surface area contributed by atoms with E-state index in [4.69, 9.17) is 11.6 Å². The Bertz CT molecular complexity index is 739. The number of nitrogens with one attached hydrogen (secondary N) is 1. The lowest BCUT2D eigenvalue weighted by Crippen LogP contribution is -2.38. The van der Waals surface area contributed by atoms with Gasteiger partial charge in [-0.1, -0.05) is 11.6 Å². The van der Waals surface area contributed by atoms with E-state index in [2.05, 4.69) is 5.32 Å². The number of rotatable bonds is 4. The zero-order valence-electron chi connectivity index (χ0n) is 13.9. The summed E-state index contributed by atoms with van der Waals surface area (Å²) < 4.78 is 26.8. The molecule has 1 heterocycles. The molecule has 0 bridgehead atoms. The fraction of sp³-hybridized carbons (Fsp3) is 0.588. The number of aliphatic hydroxyl groups excluding tert-OH is 1. The highest BCUT2D eigenvalue weighted by Gasteiger charge is 2.29. The third kappa shape index (κ3) is 4.16. The topological polar surface area (TPSA) is 86.7 Å². The molecule has 1 aromatic carbocycles. The highest BCUT2D eigenvalue weighted by atomic mass is 35.5. The van der Waals surface area contributed by atoms with E-state index in [0.29, 0.717) is 38.8 Å². The third-order valence-corrected chi connectivity index (χ3v) is 7.14. The second-order valence-electron chi connectivity index (χ2n) is 6.73. The summed E-state index contributed by atoms with van der Waals surface area (Å²) in [5.41, 5.74) is 0.174. The maximum atomic E-state index is 12.7. The molecule has 0 atom stereocenters. The number of carbonyl (C=O) groups is 1. The molecule has 138 valence electrons. The molecular weight excluding hydrogens is 364 g/mol. The molecule has 0 aromatic heterocycles. The molecule has 25 heavy (non-hydrogen) atoms. The number of benzene rings is 1. The van der Waals surface area contributed by atoms with Gasteiger partial charge < -0.3 is 10.4 Å². The summed E-state index contributed by atoms with van der Waals surface area (Å²) in [4.78, 5) is 12.6. The van der Waals surface area contributed by atoms with Crippen molar-refractivity contribution in [3.63, 3.8) is 0 Å². The van der Waals surface area contributed by atoms with Crippen LogP contribution in [0.3, 0.4) is 0 Å². The van der Waals surface area contributed by atoms with Crippen LogP contribution in [-0.2, 0) is 10.0 Å². The van der Waals surface area contributed by atoms with E-state index in [9.17, 15) is 18.3 Å². The van der Waals surface area contributed by atoms with Crippen LogP contribution < -0.4 is 5.32 Å². The van der Waals surface area contributed by atoms with Gasteiger partial charge in [-0.2, -0.15) is 4.31 Å². The molecule has 0 radical (unpaired) electrons. The van der Waals surface area contributed by atoms with Gasteiger partial charge in [0.2, 0.25) is 10.0 Å². The smallest absolute Gasteiger partial charge is 0.253 e. The van der Waals surface area contributed by atoms with Gasteiger partial charge >= 0.3 is 0 Å². The van der Waals surface area contributed by atoms with Crippen molar-refractivity contribution >= 4 is 27.5 Å². The molecule has 8 heteroatoms. The number of hydrogen-bond acceptors (Lipinski definition) is 4. The van der Waals surface area contributed by atoms with Crippen LogP contribution in [0.15, 0.2) is 23.1 Å². The average molecular weight is 387 g/mol. The molecule has 3 rings (SSSR count). The van der Waals surface area contributed by atoms with E-state index in [1.54, 1.807) is 0 Å². The molecule has 1 aromatic rings. The maximum Gasteiger partial charge on any atom is 0.253 e. The predicted molar refractivity (Wildman–Crippen MR) is 95.2 cm³/mol. The standard InChI is InChI=1S/C17H23ClN2O4S/c18-16-8-7-14(25(23,24)20-9-1-2-10-20)11-15(16)17(22)19-12-3-5-13(21)6-4-12/h7-8,11-13,21H,1-6,9-10H2,(H,19,22). The Morgan fingerprint density at radius 3 is 2.44 bits per heavy atom. The van der Waals surface area contributed by atoms with Crippen molar-refractivity contribution in [3.05, 3.63) is 28.8 Å². The minimum Gasteiger partial charge on any atom is -0.393 e. The minimum atomic E-state index is -3.59. The summed E-state index contributed by atoms with van der Waals surface area (Å²) in [6, 6.07) is 4.25. The van der Waals surface area contributed by atoms with E-state index in [1.807, 2.05) is 0 Å². The lowest BCUT2D eigenvalue weighted by molar-refractivity contribution is 0.0867. The quantitative estimate of drug-likeness (QED) is 0.830. The van der Waals surface area contributed by atoms with Crippen LogP contribution in [0.4, 0.5) is 0 Å². The zero-order chi connectivity index (χ0) is 18.0. The molecule has 2 fully saturated rings. The summed E-state index contributed by atoms with van der Waals surface area (Å²) >= 11 is 6.13. The minimum absolute atomic E-state index is 0.0224. The van der Waals surface area contributed by atoms with Crippen LogP contribution in [-0.4, -0.2) is 49.0 Å². The summed E-state index contributed by atoms with van der Waals surface area (Å²) in [5, 5.41) is 12.7. The Balaban J connectivity index is 1.78. The first-order valence-electron chi connectivity index (χ1n) is 8.66.